The first-order valence-electron chi connectivity index (χ1n) is 8.55. The highest BCUT2D eigenvalue weighted by Crippen LogP contribution is 2.30. The first-order chi connectivity index (χ1) is 13.6. The standard InChI is InChI=1S/C19H17F3N6O/c1-18(2,17(29)27-10-19(20,21)22)28-13-4-12(7-24-8-13)15-9-26-16-14(15)3-11(5-23)6-25-16/h3-4,6-9,28H,10H2,1-2H3,(H,25,26)(H,27,29). The number of aromatic amines is 1. The Morgan fingerprint density at radius 1 is 1.24 bits per heavy atom. The summed E-state index contributed by atoms with van der Waals surface area (Å²) in [6, 6.07) is 5.45. The van der Waals surface area contributed by atoms with Gasteiger partial charge in [0.15, 0.2) is 0 Å². The van der Waals surface area contributed by atoms with Crippen LogP contribution in [-0.2, 0) is 4.79 Å². The Balaban J connectivity index is 1.85. The van der Waals surface area contributed by atoms with Crippen LogP contribution in [-0.4, -0.2) is 39.1 Å². The largest absolute Gasteiger partial charge is 0.405 e. The van der Waals surface area contributed by atoms with Crippen LogP contribution in [0.25, 0.3) is 22.2 Å². The molecule has 0 atom stereocenters. The lowest BCUT2D eigenvalue weighted by Crippen LogP contribution is -2.50. The number of H-pyrrole nitrogens is 1. The fraction of sp³-hybridized carbons (Fsp3) is 0.263. The number of rotatable bonds is 5. The minimum atomic E-state index is -4.49. The number of anilines is 1. The fourth-order valence-electron chi connectivity index (χ4n) is 2.78. The van der Waals surface area contributed by atoms with Crippen molar-refractivity contribution in [3.05, 3.63) is 42.5 Å². The third-order valence-corrected chi connectivity index (χ3v) is 4.18. The summed E-state index contributed by atoms with van der Waals surface area (Å²) in [6.07, 6.45) is 1.76. The third kappa shape index (κ3) is 4.63. The van der Waals surface area contributed by atoms with Gasteiger partial charge in [0.2, 0.25) is 5.91 Å². The number of halogens is 3. The molecule has 0 aliphatic heterocycles. The average molecular weight is 402 g/mol. The predicted octanol–water partition coefficient (Wildman–Crippen LogP) is 3.37. The van der Waals surface area contributed by atoms with Gasteiger partial charge in [-0.15, -0.1) is 0 Å². The topological polar surface area (TPSA) is 106 Å². The zero-order chi connectivity index (χ0) is 21.2. The zero-order valence-electron chi connectivity index (χ0n) is 15.6. The van der Waals surface area contributed by atoms with Crippen molar-refractivity contribution in [2.45, 2.75) is 25.6 Å². The molecule has 150 valence electrons. The number of nitrogens with zero attached hydrogens (tertiary/aromatic N) is 3. The molecule has 0 aromatic carbocycles. The Morgan fingerprint density at radius 2 is 2.00 bits per heavy atom. The number of nitrogens with one attached hydrogen (secondary N) is 3. The SMILES string of the molecule is CC(C)(Nc1cncc(-c2c[nH]c3ncc(C#N)cc23)c1)C(=O)NCC(F)(F)F. The van der Waals surface area contributed by atoms with Gasteiger partial charge in [0.25, 0.3) is 0 Å². The molecule has 0 radical (unpaired) electrons. The summed E-state index contributed by atoms with van der Waals surface area (Å²) in [7, 11) is 0. The van der Waals surface area contributed by atoms with E-state index in [1.807, 2.05) is 11.4 Å². The van der Waals surface area contributed by atoms with Gasteiger partial charge < -0.3 is 15.6 Å². The van der Waals surface area contributed by atoms with E-state index in [0.29, 0.717) is 22.5 Å². The molecule has 0 saturated heterocycles. The lowest BCUT2D eigenvalue weighted by atomic mass is 10.0. The maximum atomic E-state index is 12.3. The zero-order valence-corrected chi connectivity index (χ0v) is 15.6. The summed E-state index contributed by atoms with van der Waals surface area (Å²) in [6.45, 7) is 1.54. The van der Waals surface area contributed by atoms with Crippen LogP contribution in [0.15, 0.2) is 36.9 Å². The van der Waals surface area contributed by atoms with Crippen molar-refractivity contribution < 1.29 is 18.0 Å². The molecule has 0 aliphatic carbocycles. The van der Waals surface area contributed by atoms with Crippen molar-refractivity contribution in [1.29, 1.82) is 5.26 Å². The molecule has 10 heteroatoms. The van der Waals surface area contributed by atoms with Crippen molar-refractivity contribution >= 4 is 22.6 Å². The molecular weight excluding hydrogens is 385 g/mol. The van der Waals surface area contributed by atoms with E-state index in [1.54, 1.807) is 24.5 Å². The summed E-state index contributed by atoms with van der Waals surface area (Å²) >= 11 is 0. The first kappa shape index (κ1) is 20.1. The second kappa shape index (κ2) is 7.43. The van der Waals surface area contributed by atoms with Crippen molar-refractivity contribution in [2.24, 2.45) is 0 Å². The molecule has 0 saturated carbocycles. The van der Waals surface area contributed by atoms with E-state index in [1.165, 1.54) is 26.2 Å². The highest BCUT2D eigenvalue weighted by Gasteiger charge is 2.33. The van der Waals surface area contributed by atoms with Gasteiger partial charge in [-0.05, 0) is 26.0 Å². The van der Waals surface area contributed by atoms with Gasteiger partial charge in [-0.25, -0.2) is 4.98 Å². The van der Waals surface area contributed by atoms with E-state index in [-0.39, 0.29) is 0 Å². The first-order valence-corrected chi connectivity index (χ1v) is 8.55. The predicted molar refractivity (Wildman–Crippen MR) is 101 cm³/mol. The van der Waals surface area contributed by atoms with E-state index < -0.39 is 24.2 Å². The molecule has 3 N–H and O–H groups in total. The molecule has 7 nitrogen and oxygen atoms in total. The summed E-state index contributed by atoms with van der Waals surface area (Å²) < 4.78 is 37.0. The highest BCUT2D eigenvalue weighted by atomic mass is 19.4. The van der Waals surface area contributed by atoms with E-state index in [9.17, 15) is 18.0 Å². The van der Waals surface area contributed by atoms with Crippen LogP contribution >= 0.6 is 0 Å². The summed E-state index contributed by atoms with van der Waals surface area (Å²) in [5.74, 6) is -0.796. The van der Waals surface area contributed by atoms with Crippen LogP contribution in [0.3, 0.4) is 0 Å². The number of amides is 1. The summed E-state index contributed by atoms with van der Waals surface area (Å²) in [4.78, 5) is 23.5. The molecule has 3 aromatic rings. The quantitative estimate of drug-likeness (QED) is 0.607. The summed E-state index contributed by atoms with van der Waals surface area (Å²) in [5.41, 5.74) is 1.59. The van der Waals surface area contributed by atoms with E-state index >= 15 is 0 Å². The number of fused-ring (bicyclic) bond motifs is 1. The van der Waals surface area contributed by atoms with Gasteiger partial charge in [0, 0.05) is 35.1 Å². The lowest BCUT2D eigenvalue weighted by molar-refractivity contribution is -0.140. The Labute approximate surface area is 164 Å². The molecule has 0 unspecified atom stereocenters. The van der Waals surface area contributed by atoms with Gasteiger partial charge in [-0.3, -0.25) is 9.78 Å². The molecule has 0 aliphatic rings. The Kier molecular flexibility index (Phi) is 5.16. The van der Waals surface area contributed by atoms with Crippen molar-refractivity contribution in [3.8, 4) is 17.2 Å². The number of hydrogen-bond acceptors (Lipinski definition) is 5. The lowest BCUT2D eigenvalue weighted by Gasteiger charge is -2.26. The van der Waals surface area contributed by atoms with Gasteiger partial charge >= 0.3 is 6.18 Å². The van der Waals surface area contributed by atoms with Crippen LogP contribution in [0.1, 0.15) is 19.4 Å². The maximum absolute atomic E-state index is 12.3. The van der Waals surface area contributed by atoms with Gasteiger partial charge in [-0.1, -0.05) is 0 Å². The second-order valence-electron chi connectivity index (χ2n) is 6.94. The number of aromatic nitrogens is 3. The number of carbonyl (C=O) groups is 1. The summed E-state index contributed by atoms with van der Waals surface area (Å²) in [5, 5.41) is 14.6. The molecule has 29 heavy (non-hydrogen) atoms. The van der Waals surface area contributed by atoms with Crippen LogP contribution in [0.4, 0.5) is 18.9 Å². The van der Waals surface area contributed by atoms with E-state index in [0.717, 1.165) is 10.9 Å². The van der Waals surface area contributed by atoms with Crippen molar-refractivity contribution in [3.63, 3.8) is 0 Å². The van der Waals surface area contributed by atoms with Crippen LogP contribution in [0.5, 0.6) is 0 Å². The van der Waals surface area contributed by atoms with Gasteiger partial charge in [-0.2, -0.15) is 18.4 Å². The highest BCUT2D eigenvalue weighted by molar-refractivity contribution is 5.95. The average Bonchev–Trinajstić information content (AvgIpc) is 3.08. The van der Waals surface area contributed by atoms with Gasteiger partial charge in [0.1, 0.15) is 23.8 Å². The van der Waals surface area contributed by atoms with Crippen LogP contribution in [0, 0.1) is 11.3 Å². The fourth-order valence-corrected chi connectivity index (χ4v) is 2.78. The maximum Gasteiger partial charge on any atom is 0.405 e. The smallest absolute Gasteiger partial charge is 0.370 e. The molecular formula is C19H17F3N6O. The molecule has 0 bridgehead atoms. The van der Waals surface area contributed by atoms with Crippen LogP contribution < -0.4 is 10.6 Å². The van der Waals surface area contributed by atoms with Crippen molar-refractivity contribution in [1.82, 2.24) is 20.3 Å². The molecule has 0 spiro atoms. The number of carbonyl (C=O) groups excluding carboxylic acids is 1. The van der Waals surface area contributed by atoms with E-state index in [4.69, 9.17) is 5.26 Å². The molecule has 3 aromatic heterocycles. The third-order valence-electron chi connectivity index (χ3n) is 4.18. The number of hydrogen-bond donors (Lipinski definition) is 3. The number of nitriles is 1. The molecule has 3 rings (SSSR count). The monoisotopic (exact) mass is 402 g/mol. The van der Waals surface area contributed by atoms with E-state index in [2.05, 4.69) is 20.3 Å². The molecule has 3 heterocycles. The Bertz CT molecular complexity index is 1100. The minimum Gasteiger partial charge on any atom is -0.370 e. The Hall–Kier alpha value is -3.61. The second-order valence-corrected chi connectivity index (χ2v) is 6.94. The molecule has 1 amide bonds. The van der Waals surface area contributed by atoms with Gasteiger partial charge in [0.05, 0.1) is 17.4 Å². The Morgan fingerprint density at radius 3 is 2.69 bits per heavy atom. The van der Waals surface area contributed by atoms with Crippen LogP contribution in [0.2, 0.25) is 0 Å². The normalized spacial score (nSPS) is 11.9. The number of alkyl halides is 3. The van der Waals surface area contributed by atoms with Crippen molar-refractivity contribution in [2.75, 3.05) is 11.9 Å². The minimum absolute atomic E-state index is 0.406. The number of pyridine rings is 2. The molecule has 0 fully saturated rings.